The summed E-state index contributed by atoms with van der Waals surface area (Å²) in [5.41, 5.74) is 1.12. The maximum atomic E-state index is 4.34. The molecule has 76 valence electrons. The van der Waals surface area contributed by atoms with Gasteiger partial charge in [-0.25, -0.2) is 9.97 Å². The zero-order valence-corrected chi connectivity index (χ0v) is 8.51. The number of anilines is 1. The summed E-state index contributed by atoms with van der Waals surface area (Å²) in [6.45, 7) is 0. The van der Waals surface area contributed by atoms with Crippen LogP contribution in [0.2, 0.25) is 0 Å². The van der Waals surface area contributed by atoms with E-state index in [0.717, 1.165) is 17.2 Å². The summed E-state index contributed by atoms with van der Waals surface area (Å²) in [7, 11) is 1.84. The van der Waals surface area contributed by atoms with Crippen molar-refractivity contribution in [2.75, 3.05) is 12.4 Å². The zero-order valence-electron chi connectivity index (χ0n) is 8.51. The third-order valence-electron chi connectivity index (χ3n) is 2.05. The van der Waals surface area contributed by atoms with Crippen LogP contribution in [0.15, 0.2) is 36.8 Å². The van der Waals surface area contributed by atoms with E-state index in [1.54, 1.807) is 12.4 Å². The molecule has 2 rings (SSSR count). The number of nitrogens with one attached hydrogen (secondary N) is 1. The first-order valence-corrected chi connectivity index (χ1v) is 4.77. The third-order valence-corrected chi connectivity index (χ3v) is 2.05. The molecule has 0 atom stereocenters. The van der Waals surface area contributed by atoms with E-state index in [2.05, 4.69) is 20.3 Å². The fraction of sp³-hybridized carbons (Fsp3) is 0.182. The molecule has 0 aliphatic rings. The lowest BCUT2D eigenvalue weighted by Gasteiger charge is -2.02. The van der Waals surface area contributed by atoms with Gasteiger partial charge in [-0.05, 0) is 17.7 Å². The van der Waals surface area contributed by atoms with E-state index in [-0.39, 0.29) is 0 Å². The predicted octanol–water partition coefficient (Wildman–Crippen LogP) is 1.50. The molecule has 15 heavy (non-hydrogen) atoms. The summed E-state index contributed by atoms with van der Waals surface area (Å²) in [5, 5.41) is 2.99. The SMILES string of the molecule is CNc1ccnc(Cc2cccnc2)n1. The molecule has 0 unspecified atom stereocenters. The lowest BCUT2D eigenvalue weighted by molar-refractivity contribution is 0.962. The fourth-order valence-electron chi connectivity index (χ4n) is 1.31. The highest BCUT2D eigenvalue weighted by Crippen LogP contribution is 2.06. The molecular weight excluding hydrogens is 188 g/mol. The number of rotatable bonds is 3. The van der Waals surface area contributed by atoms with E-state index in [9.17, 15) is 0 Å². The van der Waals surface area contributed by atoms with Crippen LogP contribution in [0.4, 0.5) is 5.82 Å². The van der Waals surface area contributed by atoms with Gasteiger partial charge in [-0.3, -0.25) is 4.98 Å². The molecule has 4 nitrogen and oxygen atoms in total. The lowest BCUT2D eigenvalue weighted by Crippen LogP contribution is -2.00. The second-order valence-electron chi connectivity index (χ2n) is 3.15. The van der Waals surface area contributed by atoms with Crippen molar-refractivity contribution < 1.29 is 0 Å². The Labute approximate surface area is 88.4 Å². The van der Waals surface area contributed by atoms with E-state index in [4.69, 9.17) is 0 Å². The van der Waals surface area contributed by atoms with Crippen molar-refractivity contribution in [3.63, 3.8) is 0 Å². The van der Waals surface area contributed by atoms with Crippen molar-refractivity contribution in [2.45, 2.75) is 6.42 Å². The van der Waals surface area contributed by atoms with Crippen molar-refractivity contribution in [1.29, 1.82) is 0 Å². The smallest absolute Gasteiger partial charge is 0.135 e. The fourth-order valence-corrected chi connectivity index (χ4v) is 1.31. The number of nitrogens with zero attached hydrogens (tertiary/aromatic N) is 3. The number of pyridine rings is 1. The van der Waals surface area contributed by atoms with Crippen LogP contribution in [-0.2, 0) is 6.42 Å². The molecule has 0 aromatic carbocycles. The molecule has 2 aromatic heterocycles. The minimum atomic E-state index is 0.712. The second kappa shape index (κ2) is 4.50. The summed E-state index contributed by atoms with van der Waals surface area (Å²) >= 11 is 0. The molecule has 0 saturated carbocycles. The van der Waals surface area contributed by atoms with Gasteiger partial charge in [0.2, 0.25) is 0 Å². The van der Waals surface area contributed by atoms with Gasteiger partial charge in [-0.15, -0.1) is 0 Å². The number of aromatic nitrogens is 3. The zero-order chi connectivity index (χ0) is 10.5. The molecule has 0 fully saturated rings. The van der Waals surface area contributed by atoms with Crippen LogP contribution < -0.4 is 5.32 Å². The van der Waals surface area contributed by atoms with E-state index < -0.39 is 0 Å². The Morgan fingerprint density at radius 1 is 1.27 bits per heavy atom. The Hall–Kier alpha value is -1.97. The molecule has 0 aliphatic carbocycles. The number of hydrogen-bond donors (Lipinski definition) is 1. The van der Waals surface area contributed by atoms with Gasteiger partial charge in [0.1, 0.15) is 11.6 Å². The minimum Gasteiger partial charge on any atom is -0.373 e. The van der Waals surface area contributed by atoms with E-state index >= 15 is 0 Å². The van der Waals surface area contributed by atoms with Crippen molar-refractivity contribution in [2.24, 2.45) is 0 Å². The van der Waals surface area contributed by atoms with Gasteiger partial charge in [-0.1, -0.05) is 6.07 Å². The van der Waals surface area contributed by atoms with Crippen LogP contribution in [0, 0.1) is 0 Å². The highest BCUT2D eigenvalue weighted by atomic mass is 15.0. The summed E-state index contributed by atoms with van der Waals surface area (Å²) < 4.78 is 0. The molecule has 0 bridgehead atoms. The summed E-state index contributed by atoms with van der Waals surface area (Å²) in [6, 6.07) is 5.77. The van der Waals surface area contributed by atoms with E-state index in [1.807, 2.05) is 31.4 Å². The van der Waals surface area contributed by atoms with Gasteiger partial charge in [0, 0.05) is 32.1 Å². The van der Waals surface area contributed by atoms with Crippen molar-refractivity contribution in [1.82, 2.24) is 15.0 Å². The average Bonchev–Trinajstić information content (AvgIpc) is 2.31. The Bertz CT molecular complexity index is 428. The highest BCUT2D eigenvalue weighted by Gasteiger charge is 1.99. The van der Waals surface area contributed by atoms with Gasteiger partial charge in [-0.2, -0.15) is 0 Å². The molecule has 2 aromatic rings. The largest absolute Gasteiger partial charge is 0.373 e. The van der Waals surface area contributed by atoms with Gasteiger partial charge < -0.3 is 5.32 Å². The molecule has 0 aliphatic heterocycles. The Balaban J connectivity index is 2.17. The maximum Gasteiger partial charge on any atom is 0.135 e. The molecule has 4 heteroatoms. The Morgan fingerprint density at radius 3 is 2.93 bits per heavy atom. The van der Waals surface area contributed by atoms with Crippen LogP contribution in [0.1, 0.15) is 11.4 Å². The highest BCUT2D eigenvalue weighted by molar-refractivity contribution is 5.32. The van der Waals surface area contributed by atoms with Crippen molar-refractivity contribution in [3.8, 4) is 0 Å². The topological polar surface area (TPSA) is 50.7 Å². The molecular formula is C11H12N4. The van der Waals surface area contributed by atoms with Crippen LogP contribution in [0.25, 0.3) is 0 Å². The summed E-state index contributed by atoms with van der Waals surface area (Å²) in [5.74, 6) is 1.64. The third kappa shape index (κ3) is 2.49. The van der Waals surface area contributed by atoms with E-state index in [1.165, 1.54) is 0 Å². The Kier molecular flexibility index (Phi) is 2.88. The maximum absolute atomic E-state index is 4.34. The quantitative estimate of drug-likeness (QED) is 0.815. The van der Waals surface area contributed by atoms with Crippen molar-refractivity contribution in [3.05, 3.63) is 48.2 Å². The first-order valence-electron chi connectivity index (χ1n) is 4.77. The lowest BCUT2D eigenvalue weighted by atomic mass is 10.2. The molecule has 0 spiro atoms. The van der Waals surface area contributed by atoms with Gasteiger partial charge in [0.25, 0.3) is 0 Å². The van der Waals surface area contributed by atoms with Crippen LogP contribution in [0.5, 0.6) is 0 Å². The standard InChI is InChI=1S/C11H12N4/c1-12-10-4-6-14-11(15-10)7-9-3-2-5-13-8-9/h2-6,8H,7H2,1H3,(H,12,14,15). The van der Waals surface area contributed by atoms with Gasteiger partial charge in [0.15, 0.2) is 0 Å². The van der Waals surface area contributed by atoms with Gasteiger partial charge >= 0.3 is 0 Å². The van der Waals surface area contributed by atoms with Crippen molar-refractivity contribution >= 4 is 5.82 Å². The first-order chi connectivity index (χ1) is 7.38. The molecule has 2 heterocycles. The van der Waals surface area contributed by atoms with Crippen LogP contribution >= 0.6 is 0 Å². The molecule has 0 saturated heterocycles. The second-order valence-corrected chi connectivity index (χ2v) is 3.15. The minimum absolute atomic E-state index is 0.712. The normalized spacial score (nSPS) is 9.93. The van der Waals surface area contributed by atoms with Crippen LogP contribution in [-0.4, -0.2) is 22.0 Å². The average molecular weight is 200 g/mol. The predicted molar refractivity (Wildman–Crippen MR) is 58.6 cm³/mol. The number of hydrogen-bond acceptors (Lipinski definition) is 4. The molecule has 1 N–H and O–H groups in total. The van der Waals surface area contributed by atoms with Gasteiger partial charge in [0.05, 0.1) is 0 Å². The first kappa shape index (κ1) is 9.58. The Morgan fingerprint density at radius 2 is 2.20 bits per heavy atom. The summed E-state index contributed by atoms with van der Waals surface area (Å²) in [4.78, 5) is 12.6. The molecule has 0 amide bonds. The summed E-state index contributed by atoms with van der Waals surface area (Å²) in [6.07, 6.45) is 6.05. The molecule has 0 radical (unpaired) electrons. The van der Waals surface area contributed by atoms with E-state index in [0.29, 0.717) is 6.42 Å². The van der Waals surface area contributed by atoms with Crippen LogP contribution in [0.3, 0.4) is 0 Å². The monoisotopic (exact) mass is 200 g/mol.